The number of hydrogen-bond acceptors (Lipinski definition) is 2. The molecule has 5 nitrogen and oxygen atoms in total. The van der Waals surface area contributed by atoms with E-state index in [0.29, 0.717) is 12.1 Å². The number of nitrogens with zero attached hydrogens (tertiary/aromatic N) is 1. The van der Waals surface area contributed by atoms with Crippen LogP contribution >= 0.6 is 15.9 Å². The van der Waals surface area contributed by atoms with Gasteiger partial charge in [-0.2, -0.15) is 0 Å². The van der Waals surface area contributed by atoms with Crippen LogP contribution in [0.2, 0.25) is 0 Å². The Bertz CT molecular complexity index is 476. The average molecular weight is 355 g/mol. The molecule has 0 radical (unpaired) electrons. The lowest BCUT2D eigenvalue weighted by Crippen LogP contribution is -2.39. The second-order valence-corrected chi connectivity index (χ2v) is 5.46. The van der Waals surface area contributed by atoms with Gasteiger partial charge in [-0.05, 0) is 31.0 Å². The highest BCUT2D eigenvalue weighted by atomic mass is 79.9. The number of rotatable bonds is 7. The molecule has 0 atom stereocenters. The zero-order valence-corrected chi connectivity index (χ0v) is 14.2. The number of guanidine groups is 1. The van der Waals surface area contributed by atoms with Crippen molar-refractivity contribution >= 4 is 27.8 Å². The Labute approximate surface area is 134 Å². The summed E-state index contributed by atoms with van der Waals surface area (Å²) in [6.45, 7) is 4.41. The highest BCUT2D eigenvalue weighted by Gasteiger charge is 2.04. The second kappa shape index (κ2) is 10.2. The van der Waals surface area contributed by atoms with Gasteiger partial charge in [-0.1, -0.05) is 28.9 Å². The van der Waals surface area contributed by atoms with E-state index in [1.54, 1.807) is 13.1 Å². The summed E-state index contributed by atoms with van der Waals surface area (Å²) in [5.74, 6) is 0.750. The van der Waals surface area contributed by atoms with Crippen molar-refractivity contribution in [3.63, 3.8) is 0 Å². The van der Waals surface area contributed by atoms with Gasteiger partial charge in [0.1, 0.15) is 0 Å². The smallest absolute Gasteiger partial charge is 0.251 e. The Morgan fingerprint density at radius 1 is 1.19 bits per heavy atom. The average Bonchev–Trinajstić information content (AvgIpc) is 2.49. The maximum atomic E-state index is 11.9. The van der Waals surface area contributed by atoms with Gasteiger partial charge in [0, 0.05) is 36.7 Å². The van der Waals surface area contributed by atoms with Crippen LogP contribution in [0.3, 0.4) is 0 Å². The van der Waals surface area contributed by atoms with Gasteiger partial charge in [-0.15, -0.1) is 0 Å². The second-order valence-electron chi connectivity index (χ2n) is 4.55. The van der Waals surface area contributed by atoms with E-state index >= 15 is 0 Å². The molecule has 0 bridgehead atoms. The Hall–Kier alpha value is -1.56. The summed E-state index contributed by atoms with van der Waals surface area (Å²) < 4.78 is 0.905. The number of carbonyl (C=O) groups excluding carboxylic acids is 1. The lowest BCUT2D eigenvalue weighted by molar-refractivity contribution is 0.0953. The van der Waals surface area contributed by atoms with E-state index in [0.717, 1.165) is 36.4 Å². The van der Waals surface area contributed by atoms with Crippen LogP contribution < -0.4 is 16.0 Å². The molecule has 0 aliphatic heterocycles. The van der Waals surface area contributed by atoms with E-state index in [1.165, 1.54) is 0 Å². The van der Waals surface area contributed by atoms with Crippen molar-refractivity contribution in [1.29, 1.82) is 0 Å². The summed E-state index contributed by atoms with van der Waals surface area (Å²) in [6.07, 6.45) is 1.90. The van der Waals surface area contributed by atoms with E-state index in [9.17, 15) is 4.79 Å². The molecule has 1 rings (SSSR count). The molecular weight excluding hydrogens is 332 g/mol. The van der Waals surface area contributed by atoms with Crippen LogP contribution in [0.1, 0.15) is 30.1 Å². The molecule has 0 heterocycles. The summed E-state index contributed by atoms with van der Waals surface area (Å²) in [5, 5.41) is 9.31. The maximum Gasteiger partial charge on any atom is 0.251 e. The number of aliphatic imine (C=N–C) groups is 1. The number of hydrogen-bond donors (Lipinski definition) is 3. The fourth-order valence-electron chi connectivity index (χ4n) is 1.69. The van der Waals surface area contributed by atoms with Crippen molar-refractivity contribution in [1.82, 2.24) is 16.0 Å². The van der Waals surface area contributed by atoms with Crippen LogP contribution in [0.15, 0.2) is 33.7 Å². The molecule has 3 N–H and O–H groups in total. The molecule has 0 aliphatic rings. The van der Waals surface area contributed by atoms with Crippen molar-refractivity contribution in [3.05, 3.63) is 34.3 Å². The Kier molecular flexibility index (Phi) is 8.50. The zero-order chi connectivity index (χ0) is 15.5. The van der Waals surface area contributed by atoms with Crippen LogP contribution in [0.25, 0.3) is 0 Å². The number of benzene rings is 1. The monoisotopic (exact) mass is 354 g/mol. The molecule has 0 unspecified atom stereocenters. The highest BCUT2D eigenvalue weighted by Crippen LogP contribution is 2.11. The van der Waals surface area contributed by atoms with Crippen LogP contribution in [0.4, 0.5) is 0 Å². The maximum absolute atomic E-state index is 11.9. The van der Waals surface area contributed by atoms with E-state index < -0.39 is 0 Å². The van der Waals surface area contributed by atoms with E-state index in [2.05, 4.69) is 43.8 Å². The molecule has 1 aromatic carbocycles. The highest BCUT2D eigenvalue weighted by molar-refractivity contribution is 9.10. The molecule has 0 saturated heterocycles. The molecule has 116 valence electrons. The van der Waals surface area contributed by atoms with Gasteiger partial charge < -0.3 is 16.0 Å². The molecule has 1 amide bonds. The third-order valence-electron chi connectivity index (χ3n) is 2.78. The summed E-state index contributed by atoms with van der Waals surface area (Å²) in [6, 6.07) is 7.36. The van der Waals surface area contributed by atoms with Crippen molar-refractivity contribution in [2.45, 2.75) is 19.8 Å². The fourth-order valence-corrected chi connectivity index (χ4v) is 2.09. The van der Waals surface area contributed by atoms with Gasteiger partial charge in [0.2, 0.25) is 0 Å². The van der Waals surface area contributed by atoms with Crippen molar-refractivity contribution in [3.8, 4) is 0 Å². The minimum Gasteiger partial charge on any atom is -0.356 e. The van der Waals surface area contributed by atoms with E-state index in [4.69, 9.17) is 0 Å². The SMILES string of the molecule is CCCNC(=NC)NCCCNC(=O)c1cccc(Br)c1. The summed E-state index contributed by atoms with van der Waals surface area (Å²) in [7, 11) is 1.75. The number of halogens is 1. The minimum absolute atomic E-state index is 0.0511. The molecule has 0 spiro atoms. The third-order valence-corrected chi connectivity index (χ3v) is 3.28. The molecule has 1 aromatic rings. The summed E-state index contributed by atoms with van der Waals surface area (Å²) in [5.41, 5.74) is 0.665. The molecule has 6 heteroatoms. The number of amides is 1. The predicted molar refractivity (Wildman–Crippen MR) is 90.7 cm³/mol. The van der Waals surface area contributed by atoms with Gasteiger partial charge in [-0.25, -0.2) is 0 Å². The van der Waals surface area contributed by atoms with Crippen LogP contribution in [0, 0.1) is 0 Å². The van der Waals surface area contributed by atoms with Crippen LogP contribution in [0.5, 0.6) is 0 Å². The Morgan fingerprint density at radius 3 is 2.57 bits per heavy atom. The third kappa shape index (κ3) is 7.13. The topological polar surface area (TPSA) is 65.5 Å². The Balaban J connectivity index is 2.20. The first-order chi connectivity index (χ1) is 10.2. The molecule has 0 saturated carbocycles. The lowest BCUT2D eigenvalue weighted by atomic mass is 10.2. The van der Waals surface area contributed by atoms with Crippen LogP contribution in [-0.4, -0.2) is 38.5 Å². The van der Waals surface area contributed by atoms with E-state index in [1.807, 2.05) is 18.2 Å². The van der Waals surface area contributed by atoms with Gasteiger partial charge in [0.05, 0.1) is 0 Å². The molecular formula is C15H23BrN4O. The normalized spacial score (nSPS) is 11.1. The Morgan fingerprint density at radius 2 is 1.90 bits per heavy atom. The quantitative estimate of drug-likeness (QED) is 0.399. The van der Waals surface area contributed by atoms with Gasteiger partial charge in [-0.3, -0.25) is 9.79 Å². The first kappa shape index (κ1) is 17.5. The molecule has 21 heavy (non-hydrogen) atoms. The lowest BCUT2D eigenvalue weighted by Gasteiger charge is -2.11. The molecule has 0 fully saturated rings. The molecule has 0 aliphatic carbocycles. The number of carbonyl (C=O) groups is 1. The zero-order valence-electron chi connectivity index (χ0n) is 12.6. The predicted octanol–water partition coefficient (Wildman–Crippen LogP) is 2.14. The van der Waals surface area contributed by atoms with Gasteiger partial charge in [0.15, 0.2) is 5.96 Å². The first-order valence-corrected chi connectivity index (χ1v) is 7.95. The van der Waals surface area contributed by atoms with Crippen molar-refractivity contribution < 1.29 is 4.79 Å². The van der Waals surface area contributed by atoms with Crippen molar-refractivity contribution in [2.24, 2.45) is 4.99 Å². The summed E-state index contributed by atoms with van der Waals surface area (Å²) in [4.78, 5) is 16.0. The largest absolute Gasteiger partial charge is 0.356 e. The van der Waals surface area contributed by atoms with Gasteiger partial charge >= 0.3 is 0 Å². The fraction of sp³-hybridized carbons (Fsp3) is 0.467. The minimum atomic E-state index is -0.0511. The summed E-state index contributed by atoms with van der Waals surface area (Å²) >= 11 is 3.36. The standard InChI is InChI=1S/C15H23BrN4O/c1-3-8-19-15(17-2)20-10-5-9-18-14(21)12-6-4-7-13(16)11-12/h4,6-7,11H,3,5,8-10H2,1-2H3,(H,18,21)(H2,17,19,20). The van der Waals surface area contributed by atoms with Crippen molar-refractivity contribution in [2.75, 3.05) is 26.7 Å². The number of nitrogens with one attached hydrogen (secondary N) is 3. The van der Waals surface area contributed by atoms with Crippen LogP contribution in [-0.2, 0) is 0 Å². The molecule has 0 aromatic heterocycles. The van der Waals surface area contributed by atoms with E-state index in [-0.39, 0.29) is 5.91 Å². The first-order valence-electron chi connectivity index (χ1n) is 7.15. The van der Waals surface area contributed by atoms with Gasteiger partial charge in [0.25, 0.3) is 5.91 Å².